The van der Waals surface area contributed by atoms with Crippen LogP contribution in [0.15, 0.2) is 66.1 Å². The van der Waals surface area contributed by atoms with Crippen molar-refractivity contribution in [3.63, 3.8) is 0 Å². The summed E-state index contributed by atoms with van der Waals surface area (Å²) in [4.78, 5) is 15.4. The van der Waals surface area contributed by atoms with E-state index in [0.717, 1.165) is 27.9 Å². The molecule has 0 spiro atoms. The van der Waals surface area contributed by atoms with Crippen molar-refractivity contribution in [3.05, 3.63) is 66.7 Å². The fourth-order valence-electron chi connectivity index (χ4n) is 3.56. The van der Waals surface area contributed by atoms with Crippen LogP contribution in [-0.2, 0) is 9.84 Å². The Bertz CT molecular complexity index is 1380. The van der Waals surface area contributed by atoms with Crippen LogP contribution in [-0.4, -0.2) is 43.7 Å². The maximum Gasteiger partial charge on any atom is 0.177 e. The molecule has 0 fully saturated rings. The van der Waals surface area contributed by atoms with Gasteiger partial charge in [0.25, 0.3) is 0 Å². The number of anilines is 3. The van der Waals surface area contributed by atoms with Crippen molar-refractivity contribution in [1.82, 2.24) is 15.0 Å². The van der Waals surface area contributed by atoms with Gasteiger partial charge in [-0.25, -0.2) is 8.42 Å². The quantitative estimate of drug-likeness (QED) is 0.504. The van der Waals surface area contributed by atoms with Crippen molar-refractivity contribution in [2.24, 2.45) is 0 Å². The van der Waals surface area contributed by atoms with Crippen LogP contribution in [0.3, 0.4) is 0 Å². The third kappa shape index (κ3) is 4.20. The first-order valence-electron chi connectivity index (χ1n) is 9.68. The largest absolute Gasteiger partial charge is 0.377 e. The lowest BCUT2D eigenvalue weighted by Gasteiger charge is -2.20. The predicted octanol–water partition coefficient (Wildman–Crippen LogP) is 4.21. The minimum Gasteiger partial charge on any atom is -0.377 e. The molecular weight excluding hydrogens is 410 g/mol. The second kappa shape index (κ2) is 7.96. The first kappa shape index (κ1) is 20.7. The molecule has 0 aliphatic rings. The van der Waals surface area contributed by atoms with E-state index >= 15 is 0 Å². The summed E-state index contributed by atoms with van der Waals surface area (Å²) in [5.74, 6) is 0. The molecule has 2 heterocycles. The third-order valence-corrected chi connectivity index (χ3v) is 6.11. The van der Waals surface area contributed by atoms with E-state index in [4.69, 9.17) is 0 Å². The Morgan fingerprint density at radius 3 is 2.45 bits per heavy atom. The highest BCUT2D eigenvalue weighted by molar-refractivity contribution is 7.90. The third-order valence-electron chi connectivity index (χ3n) is 4.96. The van der Waals surface area contributed by atoms with E-state index in [2.05, 4.69) is 43.4 Å². The zero-order chi connectivity index (χ0) is 22.2. The summed E-state index contributed by atoms with van der Waals surface area (Å²) in [7, 11) is 0.577. The van der Waals surface area contributed by atoms with Crippen molar-refractivity contribution >= 4 is 37.9 Å². The van der Waals surface area contributed by atoms with Gasteiger partial charge >= 0.3 is 0 Å². The maximum absolute atomic E-state index is 12.2. The molecule has 4 aromatic rings. The smallest absolute Gasteiger partial charge is 0.177 e. The number of nitrogens with one attached hydrogen (secondary N) is 1. The molecule has 0 saturated carbocycles. The van der Waals surface area contributed by atoms with Gasteiger partial charge in [-0.2, -0.15) is 0 Å². The topological polar surface area (TPSA) is 88.1 Å². The lowest BCUT2D eigenvalue weighted by Crippen LogP contribution is -2.10. The number of benzene rings is 2. The molecule has 0 radical (unpaired) electrons. The van der Waals surface area contributed by atoms with Crippen LogP contribution in [0, 0.1) is 6.92 Å². The van der Waals surface area contributed by atoms with Crippen LogP contribution in [0.25, 0.3) is 22.2 Å². The van der Waals surface area contributed by atoms with Gasteiger partial charge in [-0.1, -0.05) is 11.6 Å². The molecule has 8 heteroatoms. The number of sulfone groups is 1. The molecule has 0 atom stereocenters. The molecule has 0 unspecified atom stereocenters. The van der Waals surface area contributed by atoms with Crippen LogP contribution in [0.1, 0.15) is 5.56 Å². The van der Waals surface area contributed by atoms with Crippen LogP contribution in [0.4, 0.5) is 17.1 Å². The highest BCUT2D eigenvalue weighted by Crippen LogP contribution is 2.37. The minimum absolute atomic E-state index is 0.188. The van der Waals surface area contributed by atoms with E-state index in [0.29, 0.717) is 16.9 Å². The van der Waals surface area contributed by atoms with E-state index in [9.17, 15) is 8.42 Å². The molecule has 2 aromatic carbocycles. The molecule has 0 bridgehead atoms. The summed E-state index contributed by atoms with van der Waals surface area (Å²) in [5.41, 5.74) is 6.70. The highest BCUT2D eigenvalue weighted by atomic mass is 32.2. The summed E-state index contributed by atoms with van der Waals surface area (Å²) >= 11 is 0. The summed E-state index contributed by atoms with van der Waals surface area (Å²) in [6, 6.07) is 11.6. The molecule has 158 valence electrons. The Balaban J connectivity index is 1.94. The zero-order valence-corrected chi connectivity index (χ0v) is 18.6. The Hall–Kier alpha value is -3.52. The monoisotopic (exact) mass is 433 g/mol. The minimum atomic E-state index is -3.42. The Labute approximate surface area is 181 Å². The number of nitrogens with zero attached hydrogens (tertiary/aromatic N) is 4. The molecule has 0 aliphatic carbocycles. The fraction of sp³-hybridized carbons (Fsp3) is 0.174. The van der Waals surface area contributed by atoms with Gasteiger partial charge in [0.2, 0.25) is 0 Å². The van der Waals surface area contributed by atoms with Crippen molar-refractivity contribution < 1.29 is 8.42 Å². The predicted molar refractivity (Wildman–Crippen MR) is 125 cm³/mol. The van der Waals surface area contributed by atoms with E-state index in [1.807, 2.05) is 33.2 Å². The number of rotatable bonds is 5. The zero-order valence-electron chi connectivity index (χ0n) is 17.8. The van der Waals surface area contributed by atoms with Gasteiger partial charge in [-0.05, 0) is 37.3 Å². The standard InChI is InChI=1S/C23H23N5O2S/c1-15-5-6-21(28(2)3)17(11-15)18-12-16(13-19-23(18)26-10-9-25-19)27-20-14-24-8-7-22(20)31(4,29)30/h5-14,27H,1-4H3. The first-order valence-corrected chi connectivity index (χ1v) is 11.6. The van der Waals surface area contributed by atoms with E-state index in [-0.39, 0.29) is 4.90 Å². The Morgan fingerprint density at radius 2 is 1.71 bits per heavy atom. The van der Waals surface area contributed by atoms with Gasteiger partial charge in [-0.15, -0.1) is 0 Å². The second-order valence-electron chi connectivity index (χ2n) is 7.63. The molecule has 7 nitrogen and oxygen atoms in total. The number of fused-ring (bicyclic) bond motifs is 1. The molecule has 31 heavy (non-hydrogen) atoms. The van der Waals surface area contributed by atoms with Crippen molar-refractivity contribution in [1.29, 1.82) is 0 Å². The summed E-state index contributed by atoms with van der Waals surface area (Å²) in [5, 5.41) is 3.22. The summed E-state index contributed by atoms with van der Waals surface area (Å²) in [6.45, 7) is 2.05. The average molecular weight is 434 g/mol. The van der Waals surface area contributed by atoms with E-state index in [1.165, 1.54) is 24.7 Å². The molecule has 2 aromatic heterocycles. The summed E-state index contributed by atoms with van der Waals surface area (Å²) < 4.78 is 24.4. The number of aromatic nitrogens is 3. The number of hydrogen-bond acceptors (Lipinski definition) is 7. The van der Waals surface area contributed by atoms with Crippen LogP contribution < -0.4 is 10.2 Å². The van der Waals surface area contributed by atoms with Gasteiger partial charge in [0.15, 0.2) is 9.84 Å². The van der Waals surface area contributed by atoms with Crippen LogP contribution in [0.2, 0.25) is 0 Å². The first-order chi connectivity index (χ1) is 14.7. The number of pyridine rings is 1. The normalized spacial score (nSPS) is 11.5. The lowest BCUT2D eigenvalue weighted by molar-refractivity contribution is 0.602. The Morgan fingerprint density at radius 1 is 0.935 bits per heavy atom. The Kier molecular flexibility index (Phi) is 5.32. The van der Waals surface area contributed by atoms with E-state index < -0.39 is 9.84 Å². The van der Waals surface area contributed by atoms with Crippen molar-refractivity contribution in [2.45, 2.75) is 11.8 Å². The number of hydrogen-bond donors (Lipinski definition) is 1. The van der Waals surface area contributed by atoms with Crippen molar-refractivity contribution in [3.8, 4) is 11.1 Å². The SMILES string of the molecule is Cc1ccc(N(C)C)c(-c2cc(Nc3cnccc3S(C)(=O)=O)cc3nccnc23)c1. The van der Waals surface area contributed by atoms with Crippen LogP contribution in [0.5, 0.6) is 0 Å². The molecule has 4 rings (SSSR count). The highest BCUT2D eigenvalue weighted by Gasteiger charge is 2.17. The fourth-order valence-corrected chi connectivity index (χ4v) is 4.37. The van der Waals surface area contributed by atoms with Gasteiger partial charge in [0.05, 0.1) is 27.8 Å². The van der Waals surface area contributed by atoms with Gasteiger partial charge < -0.3 is 10.2 Å². The van der Waals surface area contributed by atoms with Gasteiger partial charge in [0.1, 0.15) is 0 Å². The maximum atomic E-state index is 12.2. The lowest BCUT2D eigenvalue weighted by atomic mass is 9.98. The molecule has 0 saturated heterocycles. The average Bonchev–Trinajstić information content (AvgIpc) is 2.72. The molecule has 0 amide bonds. The van der Waals surface area contributed by atoms with Crippen LogP contribution >= 0.6 is 0 Å². The molecular formula is C23H23N5O2S. The second-order valence-corrected chi connectivity index (χ2v) is 9.62. The van der Waals surface area contributed by atoms with Crippen molar-refractivity contribution in [2.75, 3.05) is 30.6 Å². The van der Waals surface area contributed by atoms with E-state index in [1.54, 1.807) is 12.4 Å². The van der Waals surface area contributed by atoms with Gasteiger partial charge in [-0.3, -0.25) is 15.0 Å². The molecule has 0 aliphatic heterocycles. The molecule has 1 N–H and O–H groups in total. The van der Waals surface area contributed by atoms with Gasteiger partial charge in [0, 0.05) is 61.4 Å². The summed E-state index contributed by atoms with van der Waals surface area (Å²) in [6.07, 6.45) is 7.47. The number of aryl methyl sites for hydroxylation is 1.